The Morgan fingerprint density at radius 1 is 1.33 bits per heavy atom. The summed E-state index contributed by atoms with van der Waals surface area (Å²) in [6.07, 6.45) is 4.77. The lowest BCUT2D eigenvalue weighted by atomic mass is 9.88. The van der Waals surface area contributed by atoms with Crippen molar-refractivity contribution in [3.8, 4) is 0 Å². The molecule has 0 aliphatic rings. The second-order valence-corrected chi connectivity index (χ2v) is 5.30. The molecule has 0 saturated heterocycles. The Morgan fingerprint density at radius 2 is 2.07 bits per heavy atom. The van der Waals surface area contributed by atoms with Crippen molar-refractivity contribution in [3.05, 3.63) is 34.3 Å². The summed E-state index contributed by atoms with van der Waals surface area (Å²) in [5, 5.41) is 0. The fourth-order valence-corrected chi connectivity index (χ4v) is 2.13. The molecule has 0 spiro atoms. The van der Waals surface area contributed by atoms with Crippen LogP contribution in [0.1, 0.15) is 45.1 Å². The maximum absolute atomic E-state index is 6.33. The van der Waals surface area contributed by atoms with Crippen molar-refractivity contribution in [1.82, 2.24) is 0 Å². The van der Waals surface area contributed by atoms with E-state index in [2.05, 4.69) is 41.9 Å². The van der Waals surface area contributed by atoms with Crippen LogP contribution in [-0.4, -0.2) is 0 Å². The van der Waals surface area contributed by atoms with Gasteiger partial charge in [0.05, 0.1) is 0 Å². The van der Waals surface area contributed by atoms with Gasteiger partial charge in [-0.3, -0.25) is 0 Å². The van der Waals surface area contributed by atoms with E-state index in [1.807, 2.05) is 12.1 Å². The third-order valence-corrected chi connectivity index (χ3v) is 3.28. The molecule has 0 heterocycles. The topological polar surface area (TPSA) is 26.0 Å². The second-order valence-electron chi connectivity index (χ2n) is 4.38. The van der Waals surface area contributed by atoms with E-state index in [0.29, 0.717) is 0 Å². The number of nitrogens with two attached hydrogens (primary N) is 1. The molecule has 1 nitrogen and oxygen atoms in total. The zero-order valence-electron chi connectivity index (χ0n) is 9.59. The molecule has 15 heavy (non-hydrogen) atoms. The Morgan fingerprint density at radius 3 is 2.67 bits per heavy atom. The standard InChI is InChI=1S/C13H20BrN/c1-3-4-5-9-13(2,15)11-7-6-8-12(14)10-11/h6-8,10H,3-5,9,15H2,1-2H3. The molecule has 0 saturated carbocycles. The van der Waals surface area contributed by atoms with E-state index in [1.165, 1.54) is 24.8 Å². The van der Waals surface area contributed by atoms with E-state index < -0.39 is 0 Å². The number of unbranched alkanes of at least 4 members (excludes halogenated alkanes) is 2. The van der Waals surface area contributed by atoms with Crippen molar-refractivity contribution < 1.29 is 0 Å². The van der Waals surface area contributed by atoms with Crippen molar-refractivity contribution in [2.24, 2.45) is 5.73 Å². The third-order valence-electron chi connectivity index (χ3n) is 2.78. The monoisotopic (exact) mass is 269 g/mol. The number of rotatable bonds is 5. The van der Waals surface area contributed by atoms with E-state index in [-0.39, 0.29) is 5.54 Å². The van der Waals surface area contributed by atoms with E-state index in [4.69, 9.17) is 5.73 Å². The second kappa shape index (κ2) is 5.66. The minimum Gasteiger partial charge on any atom is -0.322 e. The minimum atomic E-state index is -0.195. The zero-order chi connectivity index (χ0) is 11.3. The molecule has 2 heteroatoms. The summed E-state index contributed by atoms with van der Waals surface area (Å²) >= 11 is 3.48. The van der Waals surface area contributed by atoms with Gasteiger partial charge in [0.1, 0.15) is 0 Å². The summed E-state index contributed by atoms with van der Waals surface area (Å²) in [6.45, 7) is 4.33. The number of hydrogen-bond donors (Lipinski definition) is 1. The maximum atomic E-state index is 6.33. The zero-order valence-corrected chi connectivity index (χ0v) is 11.2. The number of halogens is 1. The molecule has 1 unspecified atom stereocenters. The van der Waals surface area contributed by atoms with E-state index in [9.17, 15) is 0 Å². The van der Waals surface area contributed by atoms with Crippen LogP contribution in [0, 0.1) is 0 Å². The van der Waals surface area contributed by atoms with Crippen molar-refractivity contribution in [2.45, 2.75) is 45.1 Å². The average molecular weight is 270 g/mol. The van der Waals surface area contributed by atoms with E-state index in [0.717, 1.165) is 10.9 Å². The third kappa shape index (κ3) is 3.96. The summed E-state index contributed by atoms with van der Waals surface area (Å²) in [4.78, 5) is 0. The summed E-state index contributed by atoms with van der Waals surface area (Å²) in [5.74, 6) is 0. The first kappa shape index (κ1) is 12.7. The molecule has 2 N–H and O–H groups in total. The van der Waals surface area contributed by atoms with Gasteiger partial charge in [0.2, 0.25) is 0 Å². The van der Waals surface area contributed by atoms with Gasteiger partial charge in [-0.25, -0.2) is 0 Å². The van der Waals surface area contributed by atoms with E-state index in [1.54, 1.807) is 0 Å². The predicted molar refractivity (Wildman–Crippen MR) is 69.8 cm³/mol. The van der Waals surface area contributed by atoms with Crippen molar-refractivity contribution in [2.75, 3.05) is 0 Å². The van der Waals surface area contributed by atoms with E-state index >= 15 is 0 Å². The lowest BCUT2D eigenvalue weighted by Crippen LogP contribution is -2.32. The van der Waals surface area contributed by atoms with Gasteiger partial charge in [-0.15, -0.1) is 0 Å². The van der Waals surface area contributed by atoms with Crippen LogP contribution in [-0.2, 0) is 5.54 Å². The molecular formula is C13H20BrN. The van der Waals surface area contributed by atoms with Crippen molar-refractivity contribution in [3.63, 3.8) is 0 Å². The van der Waals surface area contributed by atoms with Crippen LogP contribution in [0.5, 0.6) is 0 Å². The van der Waals surface area contributed by atoms with Gasteiger partial charge in [-0.05, 0) is 31.0 Å². The van der Waals surface area contributed by atoms with Crippen LogP contribution in [0.2, 0.25) is 0 Å². The fourth-order valence-electron chi connectivity index (χ4n) is 1.73. The first-order chi connectivity index (χ1) is 7.06. The molecule has 0 radical (unpaired) electrons. The number of hydrogen-bond acceptors (Lipinski definition) is 1. The van der Waals surface area contributed by atoms with Crippen LogP contribution in [0.25, 0.3) is 0 Å². The first-order valence-electron chi connectivity index (χ1n) is 5.61. The Balaban J connectivity index is 2.67. The molecule has 0 aliphatic heterocycles. The molecule has 0 amide bonds. The fraction of sp³-hybridized carbons (Fsp3) is 0.538. The molecule has 0 bridgehead atoms. The van der Waals surface area contributed by atoms with Gasteiger partial charge in [-0.2, -0.15) is 0 Å². The molecule has 0 aliphatic carbocycles. The van der Waals surface area contributed by atoms with Gasteiger partial charge < -0.3 is 5.73 Å². The summed E-state index contributed by atoms with van der Waals surface area (Å²) in [7, 11) is 0. The van der Waals surface area contributed by atoms with Gasteiger partial charge >= 0.3 is 0 Å². The number of benzene rings is 1. The molecule has 1 aromatic carbocycles. The first-order valence-corrected chi connectivity index (χ1v) is 6.40. The highest BCUT2D eigenvalue weighted by molar-refractivity contribution is 9.10. The summed E-state index contributed by atoms with van der Waals surface area (Å²) in [6, 6.07) is 8.30. The largest absolute Gasteiger partial charge is 0.322 e. The molecule has 1 aromatic rings. The highest BCUT2D eigenvalue weighted by Gasteiger charge is 2.20. The van der Waals surface area contributed by atoms with Crippen LogP contribution >= 0.6 is 15.9 Å². The molecule has 1 atom stereocenters. The van der Waals surface area contributed by atoms with Gasteiger partial charge in [-0.1, -0.05) is 54.2 Å². The van der Waals surface area contributed by atoms with Gasteiger partial charge in [0, 0.05) is 10.0 Å². The predicted octanol–water partition coefficient (Wildman–Crippen LogP) is 4.20. The Kier molecular flexibility index (Phi) is 4.81. The van der Waals surface area contributed by atoms with Gasteiger partial charge in [0.15, 0.2) is 0 Å². The van der Waals surface area contributed by atoms with Crippen LogP contribution in [0.15, 0.2) is 28.7 Å². The Labute approximate surface area is 101 Å². The molecular weight excluding hydrogens is 250 g/mol. The normalized spacial score (nSPS) is 14.9. The van der Waals surface area contributed by atoms with Crippen LogP contribution in [0.3, 0.4) is 0 Å². The summed E-state index contributed by atoms with van der Waals surface area (Å²) in [5.41, 5.74) is 7.35. The van der Waals surface area contributed by atoms with Crippen molar-refractivity contribution in [1.29, 1.82) is 0 Å². The summed E-state index contributed by atoms with van der Waals surface area (Å²) < 4.78 is 1.10. The Bertz CT molecular complexity index is 307. The lowest BCUT2D eigenvalue weighted by Gasteiger charge is -2.25. The molecule has 0 fully saturated rings. The van der Waals surface area contributed by atoms with Crippen molar-refractivity contribution >= 4 is 15.9 Å². The highest BCUT2D eigenvalue weighted by atomic mass is 79.9. The maximum Gasteiger partial charge on any atom is 0.0381 e. The Hall–Kier alpha value is -0.340. The molecule has 1 rings (SSSR count). The minimum absolute atomic E-state index is 0.195. The highest BCUT2D eigenvalue weighted by Crippen LogP contribution is 2.26. The van der Waals surface area contributed by atoms with Crippen LogP contribution in [0.4, 0.5) is 0 Å². The van der Waals surface area contributed by atoms with Crippen LogP contribution < -0.4 is 5.73 Å². The molecule has 0 aromatic heterocycles. The SMILES string of the molecule is CCCCCC(C)(N)c1cccc(Br)c1. The lowest BCUT2D eigenvalue weighted by molar-refractivity contribution is 0.427. The molecule has 84 valence electrons. The van der Waals surface area contributed by atoms with Gasteiger partial charge in [0.25, 0.3) is 0 Å². The quantitative estimate of drug-likeness (QED) is 0.797. The average Bonchev–Trinajstić information content (AvgIpc) is 2.18. The smallest absolute Gasteiger partial charge is 0.0381 e.